The van der Waals surface area contributed by atoms with Gasteiger partial charge in [-0.25, -0.2) is 0 Å². The molecule has 0 radical (unpaired) electrons. The van der Waals surface area contributed by atoms with E-state index in [9.17, 15) is 9.59 Å². The van der Waals surface area contributed by atoms with E-state index in [0.29, 0.717) is 5.92 Å². The highest BCUT2D eigenvalue weighted by atomic mass is 16.3. The Morgan fingerprint density at radius 2 is 1.73 bits per heavy atom. The first-order valence-electron chi connectivity index (χ1n) is 10.3. The Morgan fingerprint density at radius 3 is 2.37 bits per heavy atom. The first-order chi connectivity index (χ1) is 14.2. The van der Waals surface area contributed by atoms with Crippen molar-refractivity contribution in [2.75, 3.05) is 18.9 Å². The molecule has 0 saturated carbocycles. The number of hydrogen-bond acceptors (Lipinski definition) is 3. The molecule has 30 heavy (non-hydrogen) atoms. The van der Waals surface area contributed by atoms with Crippen molar-refractivity contribution in [1.82, 2.24) is 4.90 Å². The van der Waals surface area contributed by atoms with Gasteiger partial charge in [-0.3, -0.25) is 9.59 Å². The number of carbonyl (C=O) groups is 2. The number of anilines is 1. The van der Waals surface area contributed by atoms with Crippen LogP contribution in [-0.4, -0.2) is 30.3 Å². The Kier molecular flexibility index (Phi) is 6.30. The zero-order valence-electron chi connectivity index (χ0n) is 18.6. The number of hydrogen-bond donors (Lipinski definition) is 1. The molecule has 1 N–H and O–H groups in total. The van der Waals surface area contributed by atoms with Crippen LogP contribution >= 0.6 is 0 Å². The topological polar surface area (TPSA) is 62.6 Å². The van der Waals surface area contributed by atoms with Gasteiger partial charge < -0.3 is 14.6 Å². The second kappa shape index (κ2) is 8.74. The molecule has 0 fully saturated rings. The molecular weight excluding hydrogens is 376 g/mol. The summed E-state index contributed by atoms with van der Waals surface area (Å²) in [5.74, 6) is 0.0585. The maximum atomic E-state index is 12.8. The fraction of sp³-hybridized carbons (Fsp3) is 0.360. The average molecular weight is 407 g/mol. The van der Waals surface area contributed by atoms with E-state index >= 15 is 0 Å². The highest BCUT2D eigenvalue weighted by Crippen LogP contribution is 2.29. The van der Waals surface area contributed by atoms with Crippen LogP contribution in [0.1, 0.15) is 47.6 Å². The Morgan fingerprint density at radius 1 is 1.07 bits per heavy atom. The number of rotatable bonds is 6. The third-order valence-electron chi connectivity index (χ3n) is 5.56. The van der Waals surface area contributed by atoms with E-state index in [1.54, 1.807) is 13.3 Å². The lowest BCUT2D eigenvalue weighted by atomic mass is 9.95. The largest absolute Gasteiger partial charge is 0.464 e. The number of fused-ring (bicyclic) bond motifs is 1. The highest BCUT2D eigenvalue weighted by molar-refractivity contribution is 5.96. The van der Waals surface area contributed by atoms with Gasteiger partial charge in [-0.05, 0) is 61.1 Å². The van der Waals surface area contributed by atoms with Gasteiger partial charge in [0.2, 0.25) is 11.8 Å². The molecular formula is C25H30N2O3. The molecule has 2 amide bonds. The zero-order chi connectivity index (χ0) is 22.0. The normalized spacial score (nSPS) is 11.2. The maximum absolute atomic E-state index is 12.8. The summed E-state index contributed by atoms with van der Waals surface area (Å²) in [7, 11) is 1.65. The van der Waals surface area contributed by atoms with Crippen molar-refractivity contribution < 1.29 is 14.0 Å². The van der Waals surface area contributed by atoms with E-state index in [-0.39, 0.29) is 24.8 Å². The van der Waals surface area contributed by atoms with Crippen molar-refractivity contribution in [2.45, 2.75) is 47.0 Å². The summed E-state index contributed by atoms with van der Waals surface area (Å²) in [6.45, 7) is 10.3. The number of nitrogens with one attached hydrogen (secondary N) is 1. The molecule has 5 heteroatoms. The summed E-state index contributed by atoms with van der Waals surface area (Å²) in [6, 6.07) is 10.0. The van der Waals surface area contributed by atoms with Gasteiger partial charge in [0.25, 0.3) is 0 Å². The number of nitrogens with zero attached hydrogens (tertiary/aromatic N) is 1. The molecule has 3 aromatic rings. The third-order valence-corrected chi connectivity index (χ3v) is 5.56. The molecule has 1 heterocycles. The molecule has 0 spiro atoms. The molecule has 1 aromatic heterocycles. The van der Waals surface area contributed by atoms with Gasteiger partial charge >= 0.3 is 0 Å². The molecule has 2 aromatic carbocycles. The lowest BCUT2D eigenvalue weighted by molar-refractivity contribution is -0.132. The monoisotopic (exact) mass is 406 g/mol. The van der Waals surface area contributed by atoms with Crippen LogP contribution in [0.15, 0.2) is 41.0 Å². The van der Waals surface area contributed by atoms with Crippen molar-refractivity contribution >= 4 is 28.5 Å². The molecule has 3 rings (SSSR count). The van der Waals surface area contributed by atoms with Crippen LogP contribution in [0.3, 0.4) is 0 Å². The maximum Gasteiger partial charge on any atom is 0.243 e. The predicted octanol–water partition coefficient (Wildman–Crippen LogP) is 5.12. The zero-order valence-corrected chi connectivity index (χ0v) is 18.6. The van der Waals surface area contributed by atoms with Crippen LogP contribution in [0.2, 0.25) is 0 Å². The SMILES string of the molecule is Cc1cc2occ(CC(=O)N(C)CC(=O)Nc3c(C)cccc3C)c2cc1C(C)C. The molecule has 158 valence electrons. The van der Waals surface area contributed by atoms with Gasteiger partial charge in [-0.2, -0.15) is 0 Å². The minimum absolute atomic E-state index is 0.00125. The lowest BCUT2D eigenvalue weighted by Crippen LogP contribution is -2.36. The van der Waals surface area contributed by atoms with Gasteiger partial charge in [0.05, 0.1) is 19.2 Å². The van der Waals surface area contributed by atoms with E-state index in [1.807, 2.05) is 38.1 Å². The Bertz CT molecular complexity index is 1070. The van der Waals surface area contributed by atoms with Gasteiger partial charge in [0.1, 0.15) is 5.58 Å². The fourth-order valence-corrected chi connectivity index (χ4v) is 3.80. The minimum Gasteiger partial charge on any atom is -0.464 e. The standard InChI is InChI=1S/C25H30N2O3/c1-15(2)20-12-21-19(14-30-22(21)10-18(20)5)11-24(29)27(6)13-23(28)26-25-16(3)8-7-9-17(25)4/h7-10,12,14-15H,11,13H2,1-6H3,(H,26,28). The number of furan rings is 1. The van der Waals surface area contributed by atoms with E-state index in [1.165, 1.54) is 16.0 Å². The molecule has 0 aliphatic rings. The van der Waals surface area contributed by atoms with Gasteiger partial charge in [0, 0.05) is 23.7 Å². The Balaban J connectivity index is 1.70. The number of amides is 2. The van der Waals surface area contributed by atoms with E-state index < -0.39 is 0 Å². The Hall–Kier alpha value is -3.08. The van der Waals surface area contributed by atoms with Crippen molar-refractivity contribution in [3.8, 4) is 0 Å². The third kappa shape index (κ3) is 4.56. The molecule has 0 bridgehead atoms. The number of aryl methyl sites for hydroxylation is 3. The van der Waals surface area contributed by atoms with Crippen LogP contribution < -0.4 is 5.32 Å². The predicted molar refractivity (Wildman–Crippen MR) is 121 cm³/mol. The lowest BCUT2D eigenvalue weighted by Gasteiger charge is -2.18. The number of likely N-dealkylation sites (N-methyl/N-ethyl adjacent to an activating group) is 1. The summed E-state index contributed by atoms with van der Waals surface area (Å²) in [6.07, 6.45) is 1.84. The minimum atomic E-state index is -0.210. The molecule has 0 saturated heterocycles. The van der Waals surface area contributed by atoms with E-state index in [4.69, 9.17) is 4.42 Å². The Labute approximate surface area is 178 Å². The van der Waals surface area contributed by atoms with Crippen LogP contribution in [-0.2, 0) is 16.0 Å². The van der Waals surface area contributed by atoms with E-state index in [2.05, 4.69) is 32.2 Å². The summed E-state index contributed by atoms with van der Waals surface area (Å²) >= 11 is 0. The van der Waals surface area contributed by atoms with Crippen LogP contribution in [0.25, 0.3) is 11.0 Å². The van der Waals surface area contributed by atoms with Crippen LogP contribution in [0, 0.1) is 20.8 Å². The molecule has 0 aliphatic carbocycles. The molecule has 0 aliphatic heterocycles. The first-order valence-corrected chi connectivity index (χ1v) is 10.3. The fourth-order valence-electron chi connectivity index (χ4n) is 3.80. The quantitative estimate of drug-likeness (QED) is 0.618. The summed E-state index contributed by atoms with van der Waals surface area (Å²) in [5, 5.41) is 3.89. The second-order valence-electron chi connectivity index (χ2n) is 8.36. The summed E-state index contributed by atoms with van der Waals surface area (Å²) in [5.41, 5.74) is 6.87. The van der Waals surface area contributed by atoms with Crippen molar-refractivity contribution in [1.29, 1.82) is 0 Å². The van der Waals surface area contributed by atoms with Gasteiger partial charge in [-0.15, -0.1) is 0 Å². The number of carbonyl (C=O) groups excluding carboxylic acids is 2. The molecule has 0 atom stereocenters. The van der Waals surface area contributed by atoms with Crippen LogP contribution in [0.4, 0.5) is 5.69 Å². The van der Waals surface area contributed by atoms with Crippen molar-refractivity contribution in [3.63, 3.8) is 0 Å². The van der Waals surface area contributed by atoms with Crippen molar-refractivity contribution in [3.05, 3.63) is 64.4 Å². The number of benzene rings is 2. The smallest absolute Gasteiger partial charge is 0.243 e. The highest BCUT2D eigenvalue weighted by Gasteiger charge is 2.18. The molecule has 5 nitrogen and oxygen atoms in total. The van der Waals surface area contributed by atoms with E-state index in [0.717, 1.165) is 33.3 Å². The van der Waals surface area contributed by atoms with Gasteiger partial charge in [-0.1, -0.05) is 32.0 Å². The average Bonchev–Trinajstić information content (AvgIpc) is 3.05. The number of para-hydroxylation sites is 1. The van der Waals surface area contributed by atoms with Gasteiger partial charge in [0.15, 0.2) is 0 Å². The second-order valence-corrected chi connectivity index (χ2v) is 8.36. The van der Waals surface area contributed by atoms with Crippen molar-refractivity contribution in [2.24, 2.45) is 0 Å². The summed E-state index contributed by atoms with van der Waals surface area (Å²) < 4.78 is 5.68. The summed E-state index contributed by atoms with van der Waals surface area (Å²) in [4.78, 5) is 26.7. The van der Waals surface area contributed by atoms with Crippen LogP contribution in [0.5, 0.6) is 0 Å². The molecule has 0 unspecified atom stereocenters. The first kappa shape index (κ1) is 21.6.